The summed E-state index contributed by atoms with van der Waals surface area (Å²) in [5, 5.41) is 14.1. The third kappa shape index (κ3) is 4.38. The third-order valence-corrected chi connectivity index (χ3v) is 6.60. The maximum atomic E-state index is 13.0. The van der Waals surface area contributed by atoms with Gasteiger partial charge in [0, 0.05) is 26.2 Å². The molecule has 2 atom stereocenters. The van der Waals surface area contributed by atoms with E-state index in [0.29, 0.717) is 13.0 Å². The van der Waals surface area contributed by atoms with Gasteiger partial charge in [-0.2, -0.15) is 0 Å². The molecule has 2 heterocycles. The molecule has 1 aromatic carbocycles. The van der Waals surface area contributed by atoms with Gasteiger partial charge in [-0.3, -0.25) is 9.59 Å². The number of aliphatic hydroxyl groups excluding tert-OH is 1. The van der Waals surface area contributed by atoms with Crippen LogP contribution in [-0.4, -0.2) is 64.6 Å². The number of likely N-dealkylation sites (N-methyl/N-ethyl adjacent to an activating group) is 1. The maximum absolute atomic E-state index is 13.0. The summed E-state index contributed by atoms with van der Waals surface area (Å²) in [5.74, 6) is -1.78. The van der Waals surface area contributed by atoms with Crippen LogP contribution in [0.5, 0.6) is 0 Å². The fourth-order valence-corrected chi connectivity index (χ4v) is 4.56. The van der Waals surface area contributed by atoms with Crippen molar-refractivity contribution in [2.24, 2.45) is 5.41 Å². The molecule has 0 saturated carbocycles. The highest BCUT2D eigenvalue weighted by Crippen LogP contribution is 2.44. The molecule has 0 unspecified atom stereocenters. The Morgan fingerprint density at radius 1 is 1.28 bits per heavy atom. The van der Waals surface area contributed by atoms with E-state index < -0.39 is 34.5 Å². The van der Waals surface area contributed by atoms with E-state index in [1.807, 2.05) is 0 Å². The molecule has 2 aliphatic heterocycles. The van der Waals surface area contributed by atoms with E-state index in [1.165, 1.54) is 15.9 Å². The lowest BCUT2D eigenvalue weighted by atomic mass is 9.71. The lowest BCUT2D eigenvalue weighted by Crippen LogP contribution is -2.63. The molecule has 174 valence electrons. The number of halogens is 2. The van der Waals surface area contributed by atoms with Crippen molar-refractivity contribution < 1.29 is 24.2 Å². The number of hydrogen-bond donors (Lipinski definition) is 2. The number of aliphatic hydroxyl groups is 1. The molecule has 0 bridgehead atoms. The van der Waals surface area contributed by atoms with Crippen LogP contribution < -0.4 is 5.32 Å². The van der Waals surface area contributed by atoms with Gasteiger partial charge in [-0.05, 0) is 46.2 Å². The van der Waals surface area contributed by atoms with Crippen LogP contribution in [0.4, 0.5) is 10.5 Å². The third-order valence-electron chi connectivity index (χ3n) is 5.79. The number of anilines is 1. The smallest absolute Gasteiger partial charge is 0.410 e. The minimum absolute atomic E-state index is 0.0880. The van der Waals surface area contributed by atoms with Gasteiger partial charge in [-0.25, -0.2) is 4.79 Å². The Kier molecular flexibility index (Phi) is 6.41. The monoisotopic (exact) mass is 483 g/mol. The van der Waals surface area contributed by atoms with Crippen LogP contribution in [0, 0.1) is 5.41 Å². The molecule has 0 radical (unpaired) electrons. The summed E-state index contributed by atoms with van der Waals surface area (Å²) in [6, 6.07) is 4.31. The minimum atomic E-state index is -1.05. The largest absolute Gasteiger partial charge is 0.511 e. The number of ether oxygens (including phenoxy) is 1. The van der Waals surface area contributed by atoms with E-state index in [1.54, 1.807) is 46.9 Å². The lowest BCUT2D eigenvalue weighted by Gasteiger charge is -2.51. The molecule has 2 aliphatic rings. The quantitative estimate of drug-likeness (QED) is 0.613. The first-order valence-corrected chi connectivity index (χ1v) is 11.0. The van der Waals surface area contributed by atoms with E-state index in [-0.39, 0.29) is 34.1 Å². The summed E-state index contributed by atoms with van der Waals surface area (Å²) < 4.78 is 5.47. The van der Waals surface area contributed by atoms with Crippen LogP contribution in [0.2, 0.25) is 10.0 Å². The SMILES string of the molecule is CN1C(=O)C(C(=O)Nc2cccc(Cl)c2Cl)=C(O)[C@@]2(C)CN(C(=O)OC(C)(C)C)CC[C@H]12. The molecule has 0 aromatic heterocycles. The summed E-state index contributed by atoms with van der Waals surface area (Å²) >= 11 is 12.1. The standard InChI is InChI=1S/C22H27Cl2N3O5/c1-21(2,3)32-20(31)27-10-9-14-22(4,11-27)17(28)15(19(30)26(14)5)18(29)25-13-8-6-7-12(23)16(13)24/h6-8,14,28H,9-11H2,1-5H3,(H,25,29)/t14-,22-/m0/s1. The molecule has 8 nitrogen and oxygen atoms in total. The van der Waals surface area contributed by atoms with Crippen LogP contribution in [0.1, 0.15) is 34.1 Å². The molecule has 3 amide bonds. The number of likely N-dealkylation sites (tertiary alicyclic amines) is 1. The number of amides is 3. The van der Waals surface area contributed by atoms with Crippen molar-refractivity contribution in [1.82, 2.24) is 9.80 Å². The second kappa shape index (κ2) is 8.48. The van der Waals surface area contributed by atoms with Crippen molar-refractivity contribution >= 4 is 46.8 Å². The molecule has 1 fully saturated rings. The number of nitrogens with one attached hydrogen (secondary N) is 1. The molecule has 1 aromatic rings. The van der Waals surface area contributed by atoms with Crippen molar-refractivity contribution in [3.8, 4) is 0 Å². The average molecular weight is 484 g/mol. The molecule has 2 N–H and O–H groups in total. The fraction of sp³-hybridized carbons (Fsp3) is 0.500. The minimum Gasteiger partial charge on any atom is -0.511 e. The molecule has 3 rings (SSSR count). The number of fused-ring (bicyclic) bond motifs is 1. The zero-order chi connectivity index (χ0) is 24.0. The predicted molar refractivity (Wildman–Crippen MR) is 122 cm³/mol. The zero-order valence-electron chi connectivity index (χ0n) is 18.7. The summed E-state index contributed by atoms with van der Waals surface area (Å²) in [6.45, 7) is 7.49. The van der Waals surface area contributed by atoms with E-state index in [2.05, 4.69) is 5.32 Å². The number of benzene rings is 1. The average Bonchev–Trinajstić information content (AvgIpc) is 2.68. The lowest BCUT2D eigenvalue weighted by molar-refractivity contribution is -0.137. The molecule has 1 saturated heterocycles. The van der Waals surface area contributed by atoms with Gasteiger partial charge in [0.1, 0.15) is 16.9 Å². The van der Waals surface area contributed by atoms with E-state index in [4.69, 9.17) is 27.9 Å². The number of piperidine rings is 1. The summed E-state index contributed by atoms with van der Waals surface area (Å²) in [4.78, 5) is 41.6. The molecule has 32 heavy (non-hydrogen) atoms. The highest BCUT2D eigenvalue weighted by Gasteiger charge is 2.54. The Balaban J connectivity index is 1.95. The summed E-state index contributed by atoms with van der Waals surface area (Å²) in [5.41, 5.74) is -1.91. The topological polar surface area (TPSA) is 99.2 Å². The van der Waals surface area contributed by atoms with Crippen LogP contribution in [0.25, 0.3) is 0 Å². The van der Waals surface area contributed by atoms with Crippen LogP contribution in [-0.2, 0) is 14.3 Å². The predicted octanol–water partition coefficient (Wildman–Crippen LogP) is 4.23. The molecular weight excluding hydrogens is 457 g/mol. The van der Waals surface area contributed by atoms with Gasteiger partial charge in [0.05, 0.1) is 21.1 Å². The Bertz CT molecular complexity index is 1000. The Hall–Kier alpha value is -2.45. The highest BCUT2D eigenvalue weighted by atomic mass is 35.5. The first-order valence-electron chi connectivity index (χ1n) is 10.2. The summed E-state index contributed by atoms with van der Waals surface area (Å²) in [6.07, 6.45) is -0.0851. The van der Waals surface area contributed by atoms with Crippen LogP contribution in [0.3, 0.4) is 0 Å². The molecular formula is C22H27Cl2N3O5. The van der Waals surface area contributed by atoms with E-state index >= 15 is 0 Å². The van der Waals surface area contributed by atoms with Crippen molar-refractivity contribution in [3.05, 3.63) is 39.6 Å². The van der Waals surface area contributed by atoms with Crippen LogP contribution >= 0.6 is 23.2 Å². The van der Waals surface area contributed by atoms with Crippen LogP contribution in [0.15, 0.2) is 29.5 Å². The first-order chi connectivity index (χ1) is 14.8. The number of carbonyl (C=O) groups is 3. The van der Waals surface area contributed by atoms with Gasteiger partial charge in [0.2, 0.25) is 0 Å². The Morgan fingerprint density at radius 3 is 2.56 bits per heavy atom. The Labute approximate surface area is 197 Å². The number of rotatable bonds is 2. The van der Waals surface area contributed by atoms with Crippen molar-refractivity contribution in [2.75, 3.05) is 25.5 Å². The maximum Gasteiger partial charge on any atom is 0.410 e. The summed E-state index contributed by atoms with van der Waals surface area (Å²) in [7, 11) is 1.58. The number of carbonyl (C=O) groups excluding carboxylic acids is 3. The fourth-order valence-electron chi connectivity index (χ4n) is 4.21. The van der Waals surface area contributed by atoms with Gasteiger partial charge in [0.15, 0.2) is 0 Å². The second-order valence-electron chi connectivity index (χ2n) is 9.32. The first kappa shape index (κ1) is 24.2. The van der Waals surface area contributed by atoms with Crippen molar-refractivity contribution in [1.29, 1.82) is 0 Å². The molecule has 0 spiro atoms. The van der Waals surface area contributed by atoms with Gasteiger partial charge in [-0.1, -0.05) is 29.3 Å². The Morgan fingerprint density at radius 2 is 1.94 bits per heavy atom. The highest BCUT2D eigenvalue weighted by molar-refractivity contribution is 6.44. The van der Waals surface area contributed by atoms with Gasteiger partial charge in [0.25, 0.3) is 11.8 Å². The normalized spacial score (nSPS) is 23.7. The molecule has 10 heteroatoms. The number of nitrogens with zero attached hydrogens (tertiary/aromatic N) is 2. The molecule has 0 aliphatic carbocycles. The van der Waals surface area contributed by atoms with Gasteiger partial charge >= 0.3 is 6.09 Å². The van der Waals surface area contributed by atoms with Crippen molar-refractivity contribution in [3.63, 3.8) is 0 Å². The van der Waals surface area contributed by atoms with E-state index in [9.17, 15) is 19.5 Å². The van der Waals surface area contributed by atoms with Gasteiger partial charge in [-0.15, -0.1) is 0 Å². The second-order valence-corrected chi connectivity index (χ2v) is 10.1. The van der Waals surface area contributed by atoms with Gasteiger partial charge < -0.3 is 25.0 Å². The van der Waals surface area contributed by atoms with E-state index in [0.717, 1.165) is 0 Å². The van der Waals surface area contributed by atoms with Crippen molar-refractivity contribution in [2.45, 2.75) is 45.8 Å². The number of hydrogen-bond acceptors (Lipinski definition) is 5. The zero-order valence-corrected chi connectivity index (χ0v) is 20.2.